The molecule has 166 valence electrons. The summed E-state index contributed by atoms with van der Waals surface area (Å²) in [6.07, 6.45) is -5.40. The van der Waals surface area contributed by atoms with Crippen molar-refractivity contribution in [1.29, 1.82) is 0 Å². The molecule has 0 unspecified atom stereocenters. The Labute approximate surface area is 172 Å². The lowest BCUT2D eigenvalue weighted by Crippen LogP contribution is -2.67. The minimum Gasteiger partial charge on any atom is -0.463 e. The van der Waals surface area contributed by atoms with Crippen LogP contribution in [-0.4, -0.2) is 73.6 Å². The third kappa shape index (κ3) is 8.04. The van der Waals surface area contributed by atoms with E-state index in [4.69, 9.17) is 30.3 Å². The van der Waals surface area contributed by atoms with Crippen LogP contribution in [0, 0.1) is 6.57 Å². The van der Waals surface area contributed by atoms with Gasteiger partial charge in [-0.05, 0) is 0 Å². The van der Waals surface area contributed by atoms with Crippen molar-refractivity contribution in [3.05, 3.63) is 11.4 Å². The first-order valence-electron chi connectivity index (χ1n) is 8.98. The number of nitrogens with zero attached hydrogens (tertiary/aromatic N) is 1. The highest BCUT2D eigenvalue weighted by atomic mass is 16.7. The van der Waals surface area contributed by atoms with Crippen LogP contribution in [0.4, 0.5) is 0 Å². The Bertz CT molecular complexity index is 716. The first-order chi connectivity index (χ1) is 14.0. The van der Waals surface area contributed by atoms with Crippen LogP contribution in [0.1, 0.15) is 34.1 Å². The van der Waals surface area contributed by atoms with Gasteiger partial charge in [-0.1, -0.05) is 0 Å². The number of ether oxygens (including phenoxy) is 5. The number of esters is 4. The largest absolute Gasteiger partial charge is 0.463 e. The molecule has 0 aromatic carbocycles. The molecule has 30 heavy (non-hydrogen) atoms. The highest BCUT2D eigenvalue weighted by Gasteiger charge is 2.52. The van der Waals surface area contributed by atoms with Crippen LogP contribution in [0.25, 0.3) is 4.85 Å². The zero-order chi connectivity index (χ0) is 22.8. The number of rotatable bonds is 8. The quantitative estimate of drug-likeness (QED) is 0.304. The molecule has 1 amide bonds. The fourth-order valence-electron chi connectivity index (χ4n) is 2.74. The van der Waals surface area contributed by atoms with E-state index in [1.54, 1.807) is 0 Å². The summed E-state index contributed by atoms with van der Waals surface area (Å²) >= 11 is 0. The number of amides is 1. The fraction of sp³-hybridized carbons (Fsp3) is 0.667. The zero-order valence-corrected chi connectivity index (χ0v) is 17.0. The molecule has 12 heteroatoms. The Balaban J connectivity index is 3.30. The normalized spacial score (nSPS) is 25.2. The summed E-state index contributed by atoms with van der Waals surface area (Å²) in [6.45, 7) is 10.7. The maximum atomic E-state index is 12.2. The average molecular weight is 428 g/mol. The second-order valence-corrected chi connectivity index (χ2v) is 6.33. The van der Waals surface area contributed by atoms with Gasteiger partial charge in [-0.2, -0.15) is 0 Å². The molecule has 1 aliphatic rings. The van der Waals surface area contributed by atoms with Gasteiger partial charge in [-0.25, -0.2) is 6.57 Å². The Hall–Kier alpha value is -3.20. The predicted octanol–water partition coefficient (Wildman–Crippen LogP) is -0.505. The molecule has 5 atom stereocenters. The van der Waals surface area contributed by atoms with Crippen molar-refractivity contribution in [3.63, 3.8) is 0 Å². The monoisotopic (exact) mass is 428 g/mol. The Kier molecular flexibility index (Phi) is 9.70. The van der Waals surface area contributed by atoms with Gasteiger partial charge in [-0.15, -0.1) is 0 Å². The molecule has 1 N–H and O–H groups in total. The maximum Gasteiger partial charge on any atom is 0.305 e. The number of carbonyl (C=O) groups is 5. The van der Waals surface area contributed by atoms with Crippen LogP contribution in [-0.2, 0) is 47.7 Å². The Morgan fingerprint density at radius 2 is 1.47 bits per heavy atom. The average Bonchev–Trinajstić information content (AvgIpc) is 2.62. The fourth-order valence-corrected chi connectivity index (χ4v) is 2.74. The van der Waals surface area contributed by atoms with Crippen LogP contribution < -0.4 is 5.32 Å². The molecule has 0 aromatic heterocycles. The molecule has 1 aliphatic heterocycles. The first-order valence-corrected chi connectivity index (χ1v) is 8.98. The molecule has 1 rings (SSSR count). The van der Waals surface area contributed by atoms with Crippen LogP contribution in [0.5, 0.6) is 0 Å². The van der Waals surface area contributed by atoms with E-state index in [0.717, 1.165) is 27.7 Å². The lowest BCUT2D eigenvalue weighted by molar-refractivity contribution is -0.271. The molecule has 0 radical (unpaired) electrons. The summed E-state index contributed by atoms with van der Waals surface area (Å²) in [5.41, 5.74) is 0. The molecular weight excluding hydrogens is 404 g/mol. The molecule has 0 spiro atoms. The molecular formula is C18H24N2O10. The molecule has 0 aromatic rings. The first kappa shape index (κ1) is 24.8. The lowest BCUT2D eigenvalue weighted by atomic mass is 9.96. The minimum atomic E-state index is -1.45. The predicted molar refractivity (Wildman–Crippen MR) is 96.2 cm³/mol. The van der Waals surface area contributed by atoms with Crippen LogP contribution in [0.15, 0.2) is 0 Å². The molecule has 1 heterocycles. The van der Waals surface area contributed by atoms with E-state index < -0.39 is 67.0 Å². The molecule has 1 fully saturated rings. The number of carbonyl (C=O) groups excluding carboxylic acids is 5. The summed E-state index contributed by atoms with van der Waals surface area (Å²) in [6, 6.07) is -1.26. The van der Waals surface area contributed by atoms with Gasteiger partial charge in [0.1, 0.15) is 18.8 Å². The minimum absolute atomic E-state index is 0.0989. The van der Waals surface area contributed by atoms with Crippen molar-refractivity contribution in [2.45, 2.75) is 64.8 Å². The van der Waals surface area contributed by atoms with Gasteiger partial charge in [-0.3, -0.25) is 24.0 Å². The number of hydrogen-bond acceptors (Lipinski definition) is 10. The zero-order valence-electron chi connectivity index (χ0n) is 17.0. The van der Waals surface area contributed by atoms with Crippen LogP contribution in [0.3, 0.4) is 0 Å². The third-order valence-electron chi connectivity index (χ3n) is 3.76. The van der Waals surface area contributed by atoms with E-state index in [-0.39, 0.29) is 13.0 Å². The molecule has 0 aliphatic carbocycles. The van der Waals surface area contributed by atoms with Crippen molar-refractivity contribution in [2.75, 3.05) is 13.2 Å². The van der Waals surface area contributed by atoms with E-state index in [0.29, 0.717) is 0 Å². The lowest BCUT2D eigenvalue weighted by Gasteiger charge is -2.44. The van der Waals surface area contributed by atoms with Crippen molar-refractivity contribution in [2.24, 2.45) is 0 Å². The van der Waals surface area contributed by atoms with Gasteiger partial charge in [0.2, 0.25) is 18.7 Å². The summed E-state index contributed by atoms with van der Waals surface area (Å²) in [7, 11) is 0. The van der Waals surface area contributed by atoms with E-state index >= 15 is 0 Å². The number of hydrogen-bond donors (Lipinski definition) is 1. The van der Waals surface area contributed by atoms with Gasteiger partial charge in [0.05, 0.1) is 6.42 Å². The second-order valence-electron chi connectivity index (χ2n) is 6.33. The summed E-state index contributed by atoms with van der Waals surface area (Å²) in [5.74, 6) is -3.54. The molecule has 12 nitrogen and oxygen atoms in total. The van der Waals surface area contributed by atoms with Gasteiger partial charge >= 0.3 is 23.9 Å². The SMILES string of the molecule is [C-]#[N+]CCC(=O)N[C@H]1[C@H](OC(C)=O)O[C@H](COC(C)=O)[C@@H](OC(C)=O)[C@@H]1OC(C)=O. The van der Waals surface area contributed by atoms with E-state index in [2.05, 4.69) is 10.2 Å². The Morgan fingerprint density at radius 1 is 0.900 bits per heavy atom. The molecule has 0 bridgehead atoms. The molecule has 0 saturated carbocycles. The van der Waals surface area contributed by atoms with E-state index in [9.17, 15) is 24.0 Å². The van der Waals surface area contributed by atoms with E-state index in [1.165, 1.54) is 0 Å². The number of nitrogens with one attached hydrogen (secondary N) is 1. The molecule has 1 saturated heterocycles. The Morgan fingerprint density at radius 3 is 1.97 bits per heavy atom. The van der Waals surface area contributed by atoms with Crippen molar-refractivity contribution >= 4 is 29.8 Å². The maximum absolute atomic E-state index is 12.2. The standard InChI is InChI=1S/C18H24N2O10/c1-9(21)26-8-13-16(27-10(2)22)17(28-11(3)23)15(18(30-13)29-12(4)24)20-14(25)6-7-19-5/h13,15-18H,6-8H2,1-4H3,(H,20,25)/t13-,15-,16-,17-,18-/m1/s1. The highest BCUT2D eigenvalue weighted by Crippen LogP contribution is 2.28. The van der Waals surface area contributed by atoms with Gasteiger partial charge in [0, 0.05) is 27.7 Å². The van der Waals surface area contributed by atoms with Gasteiger partial charge < -0.3 is 33.8 Å². The summed E-state index contributed by atoms with van der Waals surface area (Å²) in [4.78, 5) is 61.3. The van der Waals surface area contributed by atoms with Crippen molar-refractivity contribution in [3.8, 4) is 0 Å². The van der Waals surface area contributed by atoms with Gasteiger partial charge in [0.15, 0.2) is 12.2 Å². The van der Waals surface area contributed by atoms with Crippen LogP contribution in [0.2, 0.25) is 0 Å². The highest BCUT2D eigenvalue weighted by molar-refractivity contribution is 5.77. The van der Waals surface area contributed by atoms with Gasteiger partial charge in [0.25, 0.3) is 0 Å². The smallest absolute Gasteiger partial charge is 0.305 e. The third-order valence-corrected chi connectivity index (χ3v) is 3.76. The topological polar surface area (TPSA) is 148 Å². The second kappa shape index (κ2) is 11.7. The summed E-state index contributed by atoms with van der Waals surface area (Å²) in [5, 5.41) is 2.49. The summed E-state index contributed by atoms with van der Waals surface area (Å²) < 4.78 is 26.1. The van der Waals surface area contributed by atoms with Crippen molar-refractivity contribution in [1.82, 2.24) is 5.32 Å². The van der Waals surface area contributed by atoms with Crippen molar-refractivity contribution < 1.29 is 47.7 Å². The van der Waals surface area contributed by atoms with E-state index in [1.807, 2.05) is 0 Å². The van der Waals surface area contributed by atoms with Crippen LogP contribution >= 0.6 is 0 Å².